The third-order valence-corrected chi connectivity index (χ3v) is 2.31. The van der Waals surface area contributed by atoms with Crippen LogP contribution < -0.4 is 5.48 Å². The van der Waals surface area contributed by atoms with Gasteiger partial charge in [0, 0.05) is 24.3 Å². The van der Waals surface area contributed by atoms with Gasteiger partial charge in [-0.05, 0) is 29.5 Å². The lowest BCUT2D eigenvalue weighted by atomic mass is 10.1. The number of pyridine rings is 1. The maximum atomic E-state index is 8.58. The summed E-state index contributed by atoms with van der Waals surface area (Å²) in [5.41, 5.74) is 4.36. The molecule has 3 heteroatoms. The van der Waals surface area contributed by atoms with Gasteiger partial charge in [0.2, 0.25) is 0 Å². The Labute approximate surface area is 82.4 Å². The van der Waals surface area contributed by atoms with E-state index in [0.717, 1.165) is 10.9 Å². The molecule has 72 valence electrons. The molecule has 2 N–H and O–H groups in total. The number of hydrogen-bond acceptors (Lipinski definition) is 3. The maximum Gasteiger partial charge on any atom is 0.0458 e. The molecule has 0 saturated carbocycles. The van der Waals surface area contributed by atoms with Crippen LogP contribution in [0, 0.1) is 6.92 Å². The van der Waals surface area contributed by atoms with E-state index in [1.165, 1.54) is 10.9 Å². The standard InChI is InChI=1S/C11H12N2O/c1-8-5-12-7-10-4-9(6-13-14)2-3-11(8)10/h2-5,7,13-14H,6H2,1H3. The minimum Gasteiger partial charge on any atom is -0.316 e. The van der Waals surface area contributed by atoms with Gasteiger partial charge in [-0.15, -0.1) is 0 Å². The highest BCUT2D eigenvalue weighted by Crippen LogP contribution is 2.18. The van der Waals surface area contributed by atoms with Crippen molar-refractivity contribution in [2.24, 2.45) is 0 Å². The fourth-order valence-electron chi connectivity index (χ4n) is 1.58. The number of hydroxylamine groups is 1. The van der Waals surface area contributed by atoms with E-state index in [1.54, 1.807) is 0 Å². The van der Waals surface area contributed by atoms with Crippen LogP contribution in [0.25, 0.3) is 10.8 Å². The minimum atomic E-state index is 0.462. The van der Waals surface area contributed by atoms with Crippen molar-refractivity contribution >= 4 is 10.8 Å². The van der Waals surface area contributed by atoms with Crippen LogP contribution in [-0.2, 0) is 6.54 Å². The molecule has 1 heterocycles. The topological polar surface area (TPSA) is 45.2 Å². The highest BCUT2D eigenvalue weighted by atomic mass is 16.5. The van der Waals surface area contributed by atoms with Gasteiger partial charge in [-0.1, -0.05) is 12.1 Å². The number of benzene rings is 1. The summed E-state index contributed by atoms with van der Waals surface area (Å²) in [4.78, 5) is 4.13. The van der Waals surface area contributed by atoms with Crippen LogP contribution >= 0.6 is 0 Å². The zero-order valence-electron chi connectivity index (χ0n) is 7.99. The van der Waals surface area contributed by atoms with Crippen LogP contribution in [0.4, 0.5) is 0 Å². The molecule has 0 fully saturated rings. The summed E-state index contributed by atoms with van der Waals surface area (Å²) in [7, 11) is 0. The quantitative estimate of drug-likeness (QED) is 0.709. The number of rotatable bonds is 2. The number of nitrogens with one attached hydrogen (secondary N) is 1. The number of nitrogens with zero attached hydrogens (tertiary/aromatic N) is 1. The van der Waals surface area contributed by atoms with E-state index in [4.69, 9.17) is 5.21 Å². The first-order valence-electron chi connectivity index (χ1n) is 4.51. The van der Waals surface area contributed by atoms with E-state index in [-0.39, 0.29) is 0 Å². The molecule has 0 unspecified atom stereocenters. The third kappa shape index (κ3) is 1.60. The monoisotopic (exact) mass is 188 g/mol. The molecular formula is C11H12N2O. The predicted octanol–water partition coefficient (Wildman–Crippen LogP) is 2.02. The van der Waals surface area contributed by atoms with Crippen molar-refractivity contribution in [1.82, 2.24) is 10.5 Å². The van der Waals surface area contributed by atoms with Crippen LogP contribution in [0.5, 0.6) is 0 Å². The summed E-state index contributed by atoms with van der Waals surface area (Å²) >= 11 is 0. The van der Waals surface area contributed by atoms with Crippen LogP contribution in [-0.4, -0.2) is 10.2 Å². The summed E-state index contributed by atoms with van der Waals surface area (Å²) in [6.45, 7) is 2.50. The molecule has 2 rings (SSSR count). The average molecular weight is 188 g/mol. The SMILES string of the molecule is Cc1cncc2cc(CNO)ccc12. The van der Waals surface area contributed by atoms with Gasteiger partial charge in [0.1, 0.15) is 0 Å². The number of aromatic nitrogens is 1. The molecule has 0 aliphatic carbocycles. The molecule has 0 bridgehead atoms. The van der Waals surface area contributed by atoms with E-state index >= 15 is 0 Å². The van der Waals surface area contributed by atoms with Crippen molar-refractivity contribution in [3.63, 3.8) is 0 Å². The van der Waals surface area contributed by atoms with E-state index in [9.17, 15) is 0 Å². The van der Waals surface area contributed by atoms with Gasteiger partial charge in [0.25, 0.3) is 0 Å². The van der Waals surface area contributed by atoms with Gasteiger partial charge >= 0.3 is 0 Å². The summed E-state index contributed by atoms with van der Waals surface area (Å²) in [6, 6.07) is 6.08. The highest BCUT2D eigenvalue weighted by molar-refractivity contribution is 5.85. The molecule has 0 saturated heterocycles. The number of fused-ring (bicyclic) bond motifs is 1. The van der Waals surface area contributed by atoms with E-state index in [1.807, 2.05) is 31.5 Å². The fourth-order valence-corrected chi connectivity index (χ4v) is 1.58. The molecule has 1 aromatic carbocycles. The predicted molar refractivity (Wildman–Crippen MR) is 55.1 cm³/mol. The second-order valence-corrected chi connectivity index (χ2v) is 3.35. The Morgan fingerprint density at radius 1 is 1.36 bits per heavy atom. The second-order valence-electron chi connectivity index (χ2n) is 3.35. The highest BCUT2D eigenvalue weighted by Gasteiger charge is 1.98. The molecule has 2 aromatic rings. The molecule has 0 radical (unpaired) electrons. The van der Waals surface area contributed by atoms with Crippen molar-refractivity contribution in [1.29, 1.82) is 0 Å². The lowest BCUT2D eigenvalue weighted by molar-refractivity contribution is 0.161. The van der Waals surface area contributed by atoms with Crippen LogP contribution in [0.2, 0.25) is 0 Å². The zero-order valence-corrected chi connectivity index (χ0v) is 7.99. The average Bonchev–Trinajstić information content (AvgIpc) is 2.18. The molecular weight excluding hydrogens is 176 g/mol. The molecule has 0 aliphatic heterocycles. The van der Waals surface area contributed by atoms with E-state index in [0.29, 0.717) is 6.54 Å². The molecule has 3 nitrogen and oxygen atoms in total. The first-order valence-corrected chi connectivity index (χ1v) is 4.51. The van der Waals surface area contributed by atoms with Crippen molar-refractivity contribution in [2.75, 3.05) is 0 Å². The maximum absolute atomic E-state index is 8.58. The van der Waals surface area contributed by atoms with Crippen LogP contribution in [0.3, 0.4) is 0 Å². The lowest BCUT2D eigenvalue weighted by Gasteiger charge is -2.04. The molecule has 14 heavy (non-hydrogen) atoms. The van der Waals surface area contributed by atoms with Crippen LogP contribution in [0.15, 0.2) is 30.6 Å². The Kier molecular flexibility index (Phi) is 2.43. The summed E-state index contributed by atoms with van der Waals surface area (Å²) < 4.78 is 0. The first kappa shape index (κ1) is 9.12. The summed E-state index contributed by atoms with van der Waals surface area (Å²) in [5, 5.41) is 10.9. The van der Waals surface area contributed by atoms with Gasteiger partial charge in [-0.3, -0.25) is 4.98 Å². The van der Waals surface area contributed by atoms with Crippen molar-refractivity contribution in [3.05, 3.63) is 41.7 Å². The first-order chi connectivity index (χ1) is 6.81. The minimum absolute atomic E-state index is 0.462. The molecule has 0 amide bonds. The van der Waals surface area contributed by atoms with E-state index in [2.05, 4.69) is 16.5 Å². The molecule has 0 aliphatic rings. The van der Waals surface area contributed by atoms with Gasteiger partial charge < -0.3 is 5.21 Å². The number of aryl methyl sites for hydroxylation is 1. The van der Waals surface area contributed by atoms with Crippen molar-refractivity contribution < 1.29 is 5.21 Å². The Morgan fingerprint density at radius 2 is 2.21 bits per heavy atom. The summed E-state index contributed by atoms with van der Waals surface area (Å²) in [5.74, 6) is 0. The lowest BCUT2D eigenvalue weighted by Crippen LogP contribution is -2.05. The van der Waals surface area contributed by atoms with Crippen molar-refractivity contribution in [2.45, 2.75) is 13.5 Å². The zero-order chi connectivity index (χ0) is 9.97. The van der Waals surface area contributed by atoms with Gasteiger partial charge in [-0.25, -0.2) is 5.48 Å². The largest absolute Gasteiger partial charge is 0.316 e. The Morgan fingerprint density at radius 3 is 3.00 bits per heavy atom. The molecule has 0 atom stereocenters. The van der Waals surface area contributed by atoms with Gasteiger partial charge in [-0.2, -0.15) is 0 Å². The number of hydrogen-bond donors (Lipinski definition) is 2. The van der Waals surface area contributed by atoms with Gasteiger partial charge in [0.05, 0.1) is 0 Å². The smallest absolute Gasteiger partial charge is 0.0458 e. The third-order valence-electron chi connectivity index (χ3n) is 2.31. The second kappa shape index (κ2) is 3.74. The normalized spacial score (nSPS) is 10.7. The molecule has 1 aromatic heterocycles. The molecule has 0 spiro atoms. The Balaban J connectivity index is 2.56. The fraction of sp³-hybridized carbons (Fsp3) is 0.182. The van der Waals surface area contributed by atoms with E-state index < -0.39 is 0 Å². The van der Waals surface area contributed by atoms with Crippen LogP contribution in [0.1, 0.15) is 11.1 Å². The van der Waals surface area contributed by atoms with Gasteiger partial charge in [0.15, 0.2) is 0 Å². The van der Waals surface area contributed by atoms with Crippen molar-refractivity contribution in [3.8, 4) is 0 Å². The Hall–Kier alpha value is -1.45. The Bertz CT molecular complexity index is 454. The summed E-state index contributed by atoms with van der Waals surface area (Å²) in [6.07, 6.45) is 3.69.